The molecule has 0 saturated heterocycles. The lowest BCUT2D eigenvalue weighted by atomic mass is 10.1. The Morgan fingerprint density at radius 2 is 1.85 bits per heavy atom. The van der Waals surface area contributed by atoms with E-state index >= 15 is 0 Å². The number of ether oxygens (including phenoxy) is 3. The first kappa shape index (κ1) is 17.0. The van der Waals surface area contributed by atoms with Crippen LogP contribution in [0.3, 0.4) is 0 Å². The third-order valence-corrected chi connectivity index (χ3v) is 4.21. The number of carbonyl (C=O) groups excluding carboxylic acids is 1. The van der Waals surface area contributed by atoms with E-state index in [2.05, 4.69) is 11.4 Å². The van der Waals surface area contributed by atoms with E-state index < -0.39 is 0 Å². The zero-order valence-corrected chi connectivity index (χ0v) is 14.9. The summed E-state index contributed by atoms with van der Waals surface area (Å²) in [5.41, 5.74) is 3.45. The van der Waals surface area contributed by atoms with Crippen LogP contribution in [0.25, 0.3) is 0 Å². The van der Waals surface area contributed by atoms with Gasteiger partial charge in [0.15, 0.2) is 11.5 Å². The van der Waals surface area contributed by atoms with E-state index in [-0.39, 0.29) is 12.7 Å². The van der Waals surface area contributed by atoms with Crippen molar-refractivity contribution in [3.8, 4) is 17.2 Å². The third kappa shape index (κ3) is 4.03. The molecular formula is C22H19NO4. The molecule has 0 saturated carbocycles. The second-order valence-electron chi connectivity index (χ2n) is 6.33. The van der Waals surface area contributed by atoms with Crippen molar-refractivity contribution < 1.29 is 19.0 Å². The van der Waals surface area contributed by atoms with Gasteiger partial charge < -0.3 is 19.5 Å². The maximum atomic E-state index is 12.5. The fourth-order valence-electron chi connectivity index (χ4n) is 2.87. The number of benzene rings is 3. The molecule has 5 heteroatoms. The summed E-state index contributed by atoms with van der Waals surface area (Å²) >= 11 is 0. The van der Waals surface area contributed by atoms with Crippen molar-refractivity contribution in [1.82, 2.24) is 0 Å². The molecule has 5 nitrogen and oxygen atoms in total. The summed E-state index contributed by atoms with van der Waals surface area (Å²) in [5.74, 6) is 1.74. The SMILES string of the molecule is Cc1cccc(COc2cccc(C(=O)Nc3ccc4c(c3)OCO4)c2)c1. The van der Waals surface area contributed by atoms with Gasteiger partial charge in [0.1, 0.15) is 12.4 Å². The Kier molecular flexibility index (Phi) is 4.66. The van der Waals surface area contributed by atoms with Crippen LogP contribution >= 0.6 is 0 Å². The molecule has 0 aromatic heterocycles. The van der Waals surface area contributed by atoms with E-state index in [1.54, 1.807) is 36.4 Å². The van der Waals surface area contributed by atoms with Gasteiger partial charge in [-0.2, -0.15) is 0 Å². The summed E-state index contributed by atoms with van der Waals surface area (Å²) in [6.45, 7) is 2.70. The Bertz CT molecular complexity index is 984. The Balaban J connectivity index is 1.43. The molecule has 0 bridgehead atoms. The highest BCUT2D eigenvalue weighted by molar-refractivity contribution is 6.04. The molecule has 27 heavy (non-hydrogen) atoms. The predicted octanol–water partition coefficient (Wildman–Crippen LogP) is 4.56. The van der Waals surface area contributed by atoms with Crippen LogP contribution < -0.4 is 19.5 Å². The van der Waals surface area contributed by atoms with Crippen LogP contribution in [-0.2, 0) is 6.61 Å². The number of amides is 1. The summed E-state index contributed by atoms with van der Waals surface area (Å²) in [5, 5.41) is 2.87. The monoisotopic (exact) mass is 361 g/mol. The van der Waals surface area contributed by atoms with Crippen molar-refractivity contribution >= 4 is 11.6 Å². The number of rotatable bonds is 5. The number of aryl methyl sites for hydroxylation is 1. The Morgan fingerprint density at radius 1 is 1.00 bits per heavy atom. The average Bonchev–Trinajstić information content (AvgIpc) is 3.14. The topological polar surface area (TPSA) is 56.8 Å². The van der Waals surface area contributed by atoms with Gasteiger partial charge in [0.25, 0.3) is 5.91 Å². The van der Waals surface area contributed by atoms with E-state index in [0.717, 1.165) is 5.56 Å². The normalized spacial score (nSPS) is 11.9. The van der Waals surface area contributed by atoms with Crippen LogP contribution in [0.5, 0.6) is 17.2 Å². The molecule has 1 amide bonds. The quantitative estimate of drug-likeness (QED) is 0.724. The molecular weight excluding hydrogens is 342 g/mol. The average molecular weight is 361 g/mol. The van der Waals surface area contributed by atoms with E-state index in [1.807, 2.05) is 31.2 Å². The third-order valence-electron chi connectivity index (χ3n) is 4.21. The van der Waals surface area contributed by atoms with E-state index in [4.69, 9.17) is 14.2 Å². The lowest BCUT2D eigenvalue weighted by Crippen LogP contribution is -2.12. The molecule has 0 spiro atoms. The summed E-state index contributed by atoms with van der Waals surface area (Å²) in [7, 11) is 0. The molecule has 0 fully saturated rings. The second-order valence-corrected chi connectivity index (χ2v) is 6.33. The summed E-state index contributed by atoms with van der Waals surface area (Å²) < 4.78 is 16.4. The van der Waals surface area contributed by atoms with Crippen LogP contribution in [-0.4, -0.2) is 12.7 Å². The van der Waals surface area contributed by atoms with Gasteiger partial charge in [0, 0.05) is 17.3 Å². The summed E-state index contributed by atoms with van der Waals surface area (Å²) in [6.07, 6.45) is 0. The number of fused-ring (bicyclic) bond motifs is 1. The Hall–Kier alpha value is -3.47. The van der Waals surface area contributed by atoms with Crippen LogP contribution in [0, 0.1) is 6.92 Å². The number of anilines is 1. The Morgan fingerprint density at radius 3 is 2.74 bits per heavy atom. The van der Waals surface area contributed by atoms with Crippen LogP contribution in [0.4, 0.5) is 5.69 Å². The predicted molar refractivity (Wildman–Crippen MR) is 102 cm³/mol. The first-order valence-corrected chi connectivity index (χ1v) is 8.67. The maximum Gasteiger partial charge on any atom is 0.255 e. The maximum absolute atomic E-state index is 12.5. The zero-order chi connectivity index (χ0) is 18.6. The van der Waals surface area contributed by atoms with Crippen LogP contribution in [0.2, 0.25) is 0 Å². The Labute approximate surface area is 157 Å². The number of carbonyl (C=O) groups is 1. The lowest BCUT2D eigenvalue weighted by Gasteiger charge is -2.10. The van der Waals surface area contributed by atoms with Crippen molar-refractivity contribution in [3.63, 3.8) is 0 Å². The van der Waals surface area contributed by atoms with Crippen LogP contribution in [0.15, 0.2) is 66.7 Å². The molecule has 1 N–H and O–H groups in total. The smallest absolute Gasteiger partial charge is 0.255 e. The van der Waals surface area contributed by atoms with Gasteiger partial charge in [-0.25, -0.2) is 0 Å². The minimum atomic E-state index is -0.213. The second kappa shape index (κ2) is 7.41. The largest absolute Gasteiger partial charge is 0.489 e. The molecule has 1 aliphatic heterocycles. The summed E-state index contributed by atoms with van der Waals surface area (Å²) in [6, 6.07) is 20.6. The van der Waals surface area contributed by atoms with Gasteiger partial charge in [0.05, 0.1) is 0 Å². The molecule has 0 radical (unpaired) electrons. The highest BCUT2D eigenvalue weighted by Crippen LogP contribution is 2.34. The molecule has 0 atom stereocenters. The first-order valence-electron chi connectivity index (χ1n) is 8.67. The van der Waals surface area contributed by atoms with Crippen molar-refractivity contribution in [3.05, 3.63) is 83.4 Å². The summed E-state index contributed by atoms with van der Waals surface area (Å²) in [4.78, 5) is 12.5. The van der Waals surface area contributed by atoms with Gasteiger partial charge in [0.2, 0.25) is 6.79 Å². The molecule has 136 valence electrons. The van der Waals surface area contributed by atoms with E-state index in [9.17, 15) is 4.79 Å². The fraction of sp³-hybridized carbons (Fsp3) is 0.136. The minimum absolute atomic E-state index is 0.201. The van der Waals surface area contributed by atoms with Crippen molar-refractivity contribution in [2.75, 3.05) is 12.1 Å². The van der Waals surface area contributed by atoms with Gasteiger partial charge in [-0.05, 0) is 42.8 Å². The lowest BCUT2D eigenvalue weighted by molar-refractivity contribution is 0.102. The zero-order valence-electron chi connectivity index (χ0n) is 14.9. The standard InChI is InChI=1S/C22H19NO4/c1-15-4-2-5-16(10-15)13-25-19-7-3-6-17(11-19)22(24)23-18-8-9-20-21(12-18)27-14-26-20/h2-12H,13-14H2,1H3,(H,23,24). The minimum Gasteiger partial charge on any atom is -0.489 e. The molecule has 4 rings (SSSR count). The molecule has 1 aliphatic rings. The fourth-order valence-corrected chi connectivity index (χ4v) is 2.87. The van der Waals surface area contributed by atoms with Gasteiger partial charge in [-0.3, -0.25) is 4.79 Å². The first-order chi connectivity index (χ1) is 13.2. The van der Waals surface area contributed by atoms with E-state index in [0.29, 0.717) is 35.1 Å². The molecule has 3 aromatic rings. The van der Waals surface area contributed by atoms with Crippen molar-refractivity contribution in [1.29, 1.82) is 0 Å². The van der Waals surface area contributed by atoms with Gasteiger partial charge in [-0.1, -0.05) is 35.9 Å². The molecule has 0 unspecified atom stereocenters. The highest BCUT2D eigenvalue weighted by atomic mass is 16.7. The van der Waals surface area contributed by atoms with Crippen molar-refractivity contribution in [2.45, 2.75) is 13.5 Å². The van der Waals surface area contributed by atoms with Crippen molar-refractivity contribution in [2.24, 2.45) is 0 Å². The molecule has 0 aliphatic carbocycles. The van der Waals surface area contributed by atoms with Gasteiger partial charge in [-0.15, -0.1) is 0 Å². The highest BCUT2D eigenvalue weighted by Gasteiger charge is 2.15. The molecule has 3 aromatic carbocycles. The number of nitrogens with one attached hydrogen (secondary N) is 1. The number of hydrogen-bond acceptors (Lipinski definition) is 4. The number of hydrogen-bond donors (Lipinski definition) is 1. The van der Waals surface area contributed by atoms with Gasteiger partial charge >= 0.3 is 0 Å². The van der Waals surface area contributed by atoms with Crippen LogP contribution in [0.1, 0.15) is 21.5 Å². The molecule has 1 heterocycles. The van der Waals surface area contributed by atoms with E-state index in [1.165, 1.54) is 5.56 Å².